The molecule has 1 saturated heterocycles. The summed E-state index contributed by atoms with van der Waals surface area (Å²) in [6.45, 7) is 4.11. The fraction of sp³-hybridized carbons (Fsp3) is 1.00. The molecule has 0 spiro atoms. The molecule has 0 bridgehead atoms. The zero-order valence-corrected chi connectivity index (χ0v) is 7.69. The Morgan fingerprint density at radius 3 is 2.18 bits per heavy atom. The first-order valence-electron chi connectivity index (χ1n) is 3.64. The predicted octanol–water partition coefficient (Wildman–Crippen LogP) is -0.0981. The van der Waals surface area contributed by atoms with Gasteiger partial charge in [0.1, 0.15) is 0 Å². The highest BCUT2D eigenvalue weighted by Crippen LogP contribution is 2.17. The molecule has 0 unspecified atom stereocenters. The van der Waals surface area contributed by atoms with E-state index in [-0.39, 0.29) is 24.6 Å². The highest BCUT2D eigenvalue weighted by atomic mass is 35.5. The normalized spacial score (nSPS) is 31.6. The van der Waals surface area contributed by atoms with Gasteiger partial charge in [0, 0.05) is 12.6 Å². The van der Waals surface area contributed by atoms with E-state index < -0.39 is 5.60 Å². The summed E-state index contributed by atoms with van der Waals surface area (Å²) in [4.78, 5) is 0. The number of halogens is 1. The number of aliphatic hydroxyl groups is 2. The number of rotatable bonds is 1. The van der Waals surface area contributed by atoms with E-state index in [4.69, 9.17) is 5.11 Å². The van der Waals surface area contributed by atoms with Gasteiger partial charge in [-0.15, -0.1) is 12.4 Å². The molecule has 2 atom stereocenters. The Labute approximate surface area is 73.2 Å². The van der Waals surface area contributed by atoms with E-state index in [2.05, 4.69) is 5.32 Å². The molecule has 3 nitrogen and oxygen atoms in total. The Bertz CT molecular complexity index is 124. The summed E-state index contributed by atoms with van der Waals surface area (Å²) in [5, 5.41) is 21.6. The molecule has 11 heavy (non-hydrogen) atoms. The van der Waals surface area contributed by atoms with Gasteiger partial charge in [0.05, 0.1) is 11.7 Å². The molecule has 0 radical (unpaired) electrons. The number of aliphatic hydroxyl groups excluding tert-OH is 1. The average Bonchev–Trinajstić information content (AvgIpc) is 2.11. The molecule has 0 aromatic carbocycles. The van der Waals surface area contributed by atoms with Crippen LogP contribution < -0.4 is 5.32 Å². The van der Waals surface area contributed by atoms with Gasteiger partial charge >= 0.3 is 0 Å². The SMILES string of the molecule is CC(C)(O)[C@H]1C[C@H](O)CN1.Cl. The van der Waals surface area contributed by atoms with Gasteiger partial charge < -0.3 is 15.5 Å². The van der Waals surface area contributed by atoms with Crippen molar-refractivity contribution in [1.82, 2.24) is 5.32 Å². The maximum atomic E-state index is 9.46. The van der Waals surface area contributed by atoms with E-state index in [0.717, 1.165) is 0 Å². The minimum absolute atomic E-state index is 0. The summed E-state index contributed by atoms with van der Waals surface area (Å²) in [5.74, 6) is 0. The molecule has 1 aliphatic heterocycles. The van der Waals surface area contributed by atoms with Crippen LogP contribution in [0.3, 0.4) is 0 Å². The standard InChI is InChI=1S/C7H15NO2.ClH/c1-7(2,10)6-3-5(9)4-8-6;/h5-6,8-10H,3-4H2,1-2H3;1H/t5-,6+;/m0./s1. The first-order chi connectivity index (χ1) is 4.50. The average molecular weight is 182 g/mol. The van der Waals surface area contributed by atoms with Crippen LogP contribution in [0.1, 0.15) is 20.3 Å². The lowest BCUT2D eigenvalue weighted by Gasteiger charge is -2.25. The second-order valence-corrected chi connectivity index (χ2v) is 3.50. The topological polar surface area (TPSA) is 52.5 Å². The summed E-state index contributed by atoms with van der Waals surface area (Å²) in [6, 6.07) is 0.0440. The molecule has 1 fully saturated rings. The number of β-amino-alcohol motifs (C(OH)–C–C–N with tert-alkyl or cyclic N) is 1. The molecule has 0 saturated carbocycles. The van der Waals surface area contributed by atoms with Crippen molar-refractivity contribution in [1.29, 1.82) is 0 Å². The molecular weight excluding hydrogens is 166 g/mol. The van der Waals surface area contributed by atoms with E-state index in [1.807, 2.05) is 0 Å². The van der Waals surface area contributed by atoms with Crippen molar-refractivity contribution in [2.45, 2.75) is 38.0 Å². The third-order valence-electron chi connectivity index (χ3n) is 1.96. The van der Waals surface area contributed by atoms with Crippen LogP contribution in [-0.2, 0) is 0 Å². The Hall–Kier alpha value is 0.170. The van der Waals surface area contributed by atoms with Gasteiger partial charge in [-0.25, -0.2) is 0 Å². The van der Waals surface area contributed by atoms with E-state index in [1.165, 1.54) is 0 Å². The van der Waals surface area contributed by atoms with Crippen molar-refractivity contribution in [2.75, 3.05) is 6.54 Å². The predicted molar refractivity (Wildman–Crippen MR) is 46.0 cm³/mol. The summed E-state index contributed by atoms with van der Waals surface area (Å²) < 4.78 is 0. The van der Waals surface area contributed by atoms with E-state index in [1.54, 1.807) is 13.8 Å². The fourth-order valence-corrected chi connectivity index (χ4v) is 1.26. The van der Waals surface area contributed by atoms with Gasteiger partial charge in [0.15, 0.2) is 0 Å². The maximum absolute atomic E-state index is 9.46. The molecule has 3 N–H and O–H groups in total. The zero-order chi connectivity index (χ0) is 7.78. The molecule has 1 aliphatic rings. The van der Waals surface area contributed by atoms with Crippen LogP contribution in [0.2, 0.25) is 0 Å². The fourth-order valence-electron chi connectivity index (χ4n) is 1.26. The van der Waals surface area contributed by atoms with E-state index >= 15 is 0 Å². The summed E-state index contributed by atoms with van der Waals surface area (Å²) >= 11 is 0. The third-order valence-corrected chi connectivity index (χ3v) is 1.96. The van der Waals surface area contributed by atoms with E-state index in [9.17, 15) is 5.11 Å². The van der Waals surface area contributed by atoms with Crippen LogP contribution in [0.5, 0.6) is 0 Å². The first-order valence-corrected chi connectivity index (χ1v) is 3.64. The molecule has 0 aliphatic carbocycles. The number of hydrogen-bond acceptors (Lipinski definition) is 3. The quantitative estimate of drug-likeness (QED) is 0.530. The van der Waals surface area contributed by atoms with Gasteiger partial charge in [0.25, 0.3) is 0 Å². The minimum atomic E-state index is -0.711. The lowest BCUT2D eigenvalue weighted by Crippen LogP contribution is -2.42. The Balaban J connectivity index is 0.000001000. The second kappa shape index (κ2) is 3.72. The molecule has 4 heteroatoms. The van der Waals surface area contributed by atoms with Crippen molar-refractivity contribution < 1.29 is 10.2 Å². The summed E-state index contributed by atoms with van der Waals surface area (Å²) in [6.07, 6.45) is 0.375. The van der Waals surface area contributed by atoms with Crippen molar-refractivity contribution in [3.8, 4) is 0 Å². The molecular formula is C7H16ClNO2. The molecule has 68 valence electrons. The number of nitrogens with one attached hydrogen (secondary N) is 1. The molecule has 0 amide bonds. The van der Waals surface area contributed by atoms with Gasteiger partial charge in [-0.05, 0) is 20.3 Å². The van der Waals surface area contributed by atoms with Gasteiger partial charge in [-0.1, -0.05) is 0 Å². The maximum Gasteiger partial charge on any atom is 0.0745 e. The second-order valence-electron chi connectivity index (χ2n) is 3.50. The number of hydrogen-bond donors (Lipinski definition) is 3. The van der Waals surface area contributed by atoms with Crippen molar-refractivity contribution in [2.24, 2.45) is 0 Å². The van der Waals surface area contributed by atoms with Gasteiger partial charge in [-0.3, -0.25) is 0 Å². The highest BCUT2D eigenvalue weighted by molar-refractivity contribution is 5.85. The zero-order valence-electron chi connectivity index (χ0n) is 6.87. The van der Waals surface area contributed by atoms with Crippen molar-refractivity contribution >= 4 is 12.4 Å². The Kier molecular flexibility index (Phi) is 3.77. The van der Waals surface area contributed by atoms with Crippen molar-refractivity contribution in [3.05, 3.63) is 0 Å². The van der Waals surface area contributed by atoms with E-state index in [0.29, 0.717) is 13.0 Å². The molecule has 0 aromatic heterocycles. The minimum Gasteiger partial charge on any atom is -0.392 e. The van der Waals surface area contributed by atoms with Crippen LogP contribution in [-0.4, -0.2) is 34.5 Å². The van der Waals surface area contributed by atoms with Gasteiger partial charge in [-0.2, -0.15) is 0 Å². The summed E-state index contributed by atoms with van der Waals surface area (Å²) in [5.41, 5.74) is -0.711. The Morgan fingerprint density at radius 1 is 1.45 bits per heavy atom. The van der Waals surface area contributed by atoms with Gasteiger partial charge in [0.2, 0.25) is 0 Å². The molecule has 1 heterocycles. The van der Waals surface area contributed by atoms with Crippen LogP contribution in [0.4, 0.5) is 0 Å². The van der Waals surface area contributed by atoms with Crippen LogP contribution in [0.15, 0.2) is 0 Å². The smallest absolute Gasteiger partial charge is 0.0745 e. The molecule has 0 aromatic rings. The lowest BCUT2D eigenvalue weighted by molar-refractivity contribution is 0.0402. The largest absolute Gasteiger partial charge is 0.392 e. The highest BCUT2D eigenvalue weighted by Gasteiger charge is 2.33. The lowest BCUT2D eigenvalue weighted by atomic mass is 9.97. The van der Waals surface area contributed by atoms with Crippen molar-refractivity contribution in [3.63, 3.8) is 0 Å². The van der Waals surface area contributed by atoms with Crippen LogP contribution in [0.25, 0.3) is 0 Å². The first kappa shape index (κ1) is 11.2. The molecule has 1 rings (SSSR count). The monoisotopic (exact) mass is 181 g/mol. The third kappa shape index (κ3) is 2.95. The van der Waals surface area contributed by atoms with Crippen LogP contribution in [0, 0.1) is 0 Å². The summed E-state index contributed by atoms with van der Waals surface area (Å²) in [7, 11) is 0. The van der Waals surface area contributed by atoms with Crippen LogP contribution >= 0.6 is 12.4 Å². The Morgan fingerprint density at radius 2 is 2.00 bits per heavy atom.